The fraction of sp³-hybridized carbons (Fsp3) is 0.579. The molecule has 0 N–H and O–H groups in total. The van der Waals surface area contributed by atoms with Gasteiger partial charge in [0.2, 0.25) is 5.16 Å². The van der Waals surface area contributed by atoms with Gasteiger partial charge in [-0.25, -0.2) is 4.98 Å². The molecule has 25 heavy (non-hydrogen) atoms. The Morgan fingerprint density at radius 1 is 1.16 bits per heavy atom. The molecule has 6 heteroatoms. The van der Waals surface area contributed by atoms with Gasteiger partial charge in [0.05, 0.1) is 6.61 Å². The van der Waals surface area contributed by atoms with Crippen LogP contribution in [0, 0.1) is 0 Å². The van der Waals surface area contributed by atoms with E-state index in [9.17, 15) is 0 Å². The van der Waals surface area contributed by atoms with Crippen molar-refractivity contribution >= 4 is 11.8 Å². The van der Waals surface area contributed by atoms with E-state index in [1.165, 1.54) is 37.9 Å². The molecule has 1 aromatic carbocycles. The van der Waals surface area contributed by atoms with Crippen molar-refractivity contribution in [1.82, 2.24) is 19.7 Å². The summed E-state index contributed by atoms with van der Waals surface area (Å²) in [5.41, 5.74) is 1.35. The maximum atomic E-state index is 5.93. The molecule has 0 atom stereocenters. The zero-order valence-electron chi connectivity index (χ0n) is 15.1. The van der Waals surface area contributed by atoms with Gasteiger partial charge in [0, 0.05) is 13.1 Å². The van der Waals surface area contributed by atoms with Gasteiger partial charge in [-0.1, -0.05) is 30.3 Å². The third-order valence-corrected chi connectivity index (χ3v) is 5.05. The highest BCUT2D eigenvalue weighted by Crippen LogP contribution is 2.18. The Hall–Kier alpha value is -1.53. The van der Waals surface area contributed by atoms with E-state index in [1.807, 2.05) is 10.9 Å². The van der Waals surface area contributed by atoms with Gasteiger partial charge >= 0.3 is 0 Å². The molecule has 136 valence electrons. The number of likely N-dealkylation sites (tertiary alicyclic amines) is 1. The van der Waals surface area contributed by atoms with Crippen LogP contribution in [0.5, 0.6) is 5.75 Å². The van der Waals surface area contributed by atoms with Crippen LogP contribution in [0.15, 0.2) is 35.7 Å². The number of aromatic nitrogens is 3. The van der Waals surface area contributed by atoms with Crippen LogP contribution in [-0.4, -0.2) is 45.6 Å². The van der Waals surface area contributed by atoms with Crippen LogP contribution in [0.25, 0.3) is 0 Å². The third-order valence-electron chi connectivity index (χ3n) is 4.50. The van der Waals surface area contributed by atoms with Crippen molar-refractivity contribution in [1.29, 1.82) is 0 Å². The van der Waals surface area contributed by atoms with Crippen molar-refractivity contribution in [3.63, 3.8) is 0 Å². The van der Waals surface area contributed by atoms with E-state index in [0.29, 0.717) is 0 Å². The fourth-order valence-electron chi connectivity index (χ4n) is 3.15. The lowest BCUT2D eigenvalue weighted by atomic mass is 10.1. The fourth-order valence-corrected chi connectivity index (χ4v) is 3.49. The summed E-state index contributed by atoms with van der Waals surface area (Å²) < 4.78 is 7.84. The van der Waals surface area contributed by atoms with Gasteiger partial charge in [-0.2, -0.15) is 0 Å². The van der Waals surface area contributed by atoms with Crippen LogP contribution in [0.1, 0.15) is 37.7 Å². The molecule has 1 aromatic heterocycles. The number of ether oxygens (including phenoxy) is 1. The van der Waals surface area contributed by atoms with Crippen LogP contribution in [-0.2, 0) is 13.1 Å². The Balaban J connectivity index is 1.37. The maximum Gasteiger partial charge on any atom is 0.208 e. The third kappa shape index (κ3) is 6.04. The number of piperidine rings is 1. The summed E-state index contributed by atoms with van der Waals surface area (Å²) in [7, 11) is 0. The highest BCUT2D eigenvalue weighted by molar-refractivity contribution is 7.98. The van der Waals surface area contributed by atoms with Crippen LogP contribution in [0.4, 0.5) is 0 Å². The number of rotatable bonds is 9. The molecule has 1 aliphatic heterocycles. The molecule has 0 saturated carbocycles. The molecule has 3 rings (SSSR count). The second-order valence-electron chi connectivity index (χ2n) is 6.53. The Bertz CT molecular complexity index is 640. The summed E-state index contributed by atoms with van der Waals surface area (Å²) in [4.78, 5) is 6.76. The number of hydrogen-bond donors (Lipinski definition) is 0. The zero-order valence-corrected chi connectivity index (χ0v) is 15.9. The molecule has 0 unspecified atom stereocenters. The summed E-state index contributed by atoms with van der Waals surface area (Å²) >= 11 is 1.57. The smallest absolute Gasteiger partial charge is 0.208 e. The maximum absolute atomic E-state index is 5.93. The lowest BCUT2D eigenvalue weighted by Crippen LogP contribution is -2.29. The topological polar surface area (TPSA) is 43.2 Å². The molecule has 1 saturated heterocycles. The zero-order chi connectivity index (χ0) is 17.3. The van der Waals surface area contributed by atoms with E-state index in [-0.39, 0.29) is 0 Å². The molecule has 0 bridgehead atoms. The summed E-state index contributed by atoms with van der Waals surface area (Å²) in [5, 5.41) is 5.21. The lowest BCUT2D eigenvalue weighted by molar-refractivity contribution is 0.220. The Labute approximate surface area is 154 Å². The molecule has 2 aromatic rings. The first-order valence-electron chi connectivity index (χ1n) is 9.21. The molecular formula is C19H28N4OS. The van der Waals surface area contributed by atoms with Gasteiger partial charge in [-0.3, -0.25) is 9.58 Å². The number of nitrogens with zero attached hydrogens (tertiary/aromatic N) is 4. The Morgan fingerprint density at radius 2 is 2.04 bits per heavy atom. The number of benzene rings is 1. The molecular weight excluding hydrogens is 332 g/mol. The largest absolute Gasteiger partial charge is 0.494 e. The van der Waals surface area contributed by atoms with Crippen molar-refractivity contribution in [3.05, 3.63) is 36.2 Å². The quantitative estimate of drug-likeness (QED) is 0.502. The molecule has 5 nitrogen and oxygen atoms in total. The van der Waals surface area contributed by atoms with Crippen LogP contribution in [0.3, 0.4) is 0 Å². The first-order valence-corrected chi connectivity index (χ1v) is 10.4. The van der Waals surface area contributed by atoms with Crippen LogP contribution in [0.2, 0.25) is 0 Å². The van der Waals surface area contributed by atoms with Gasteiger partial charge in [0.25, 0.3) is 0 Å². The van der Waals surface area contributed by atoms with Crippen LogP contribution >= 0.6 is 11.8 Å². The summed E-state index contributed by atoms with van der Waals surface area (Å²) in [6, 6.07) is 8.56. The average Bonchev–Trinajstić information content (AvgIpc) is 3.11. The van der Waals surface area contributed by atoms with E-state index < -0.39 is 0 Å². The van der Waals surface area contributed by atoms with Gasteiger partial charge in [0.15, 0.2) is 0 Å². The normalized spacial score (nSPS) is 15.4. The second-order valence-corrected chi connectivity index (χ2v) is 7.31. The van der Waals surface area contributed by atoms with E-state index in [0.717, 1.165) is 43.4 Å². The van der Waals surface area contributed by atoms with Gasteiger partial charge < -0.3 is 4.74 Å². The summed E-state index contributed by atoms with van der Waals surface area (Å²) in [6.45, 7) is 5.14. The number of thioether (sulfide) groups is 1. The summed E-state index contributed by atoms with van der Waals surface area (Å²) in [5.74, 6) is 0.986. The van der Waals surface area contributed by atoms with E-state index in [4.69, 9.17) is 4.74 Å². The standard InChI is InChI=1S/C19H28N4OS/c1-25-19-20-16-23(21-19)12-5-6-13-24-18-9-7-8-17(14-18)15-22-10-3-2-4-11-22/h7-9,14,16H,2-6,10-13,15H2,1H3. The number of unbranched alkanes of at least 4 members (excludes halogenated alkanes) is 1. The second kappa shape index (κ2) is 9.82. The Kier molecular flexibility index (Phi) is 7.18. The van der Waals surface area contributed by atoms with Crippen molar-refractivity contribution in [3.8, 4) is 5.75 Å². The minimum absolute atomic E-state index is 0.747. The SMILES string of the molecule is CSc1ncn(CCCCOc2cccc(CN3CCCCC3)c2)n1. The van der Waals surface area contributed by atoms with Gasteiger partial charge in [-0.15, -0.1) is 5.10 Å². The molecule has 0 radical (unpaired) electrons. The predicted octanol–water partition coefficient (Wildman–Crippen LogP) is 3.85. The molecule has 1 fully saturated rings. The highest BCUT2D eigenvalue weighted by Gasteiger charge is 2.10. The average molecular weight is 361 g/mol. The van der Waals surface area contributed by atoms with E-state index in [2.05, 4.69) is 39.2 Å². The first kappa shape index (κ1) is 18.3. The van der Waals surface area contributed by atoms with Crippen molar-refractivity contribution in [2.24, 2.45) is 0 Å². The van der Waals surface area contributed by atoms with Crippen molar-refractivity contribution in [2.45, 2.75) is 50.4 Å². The van der Waals surface area contributed by atoms with E-state index in [1.54, 1.807) is 18.1 Å². The molecule has 1 aliphatic rings. The molecule has 0 amide bonds. The lowest BCUT2D eigenvalue weighted by Gasteiger charge is -2.26. The van der Waals surface area contributed by atoms with Crippen molar-refractivity contribution in [2.75, 3.05) is 26.0 Å². The first-order chi connectivity index (χ1) is 12.3. The molecule has 2 heterocycles. The minimum Gasteiger partial charge on any atom is -0.494 e. The van der Waals surface area contributed by atoms with E-state index >= 15 is 0 Å². The van der Waals surface area contributed by atoms with Crippen LogP contribution < -0.4 is 4.74 Å². The van der Waals surface area contributed by atoms with Crippen molar-refractivity contribution < 1.29 is 4.74 Å². The highest BCUT2D eigenvalue weighted by atomic mass is 32.2. The summed E-state index contributed by atoms with van der Waals surface area (Å²) in [6.07, 6.45) is 9.91. The molecule has 0 aliphatic carbocycles. The monoisotopic (exact) mass is 360 g/mol. The Morgan fingerprint density at radius 3 is 2.84 bits per heavy atom. The predicted molar refractivity (Wildman–Crippen MR) is 102 cm³/mol. The number of hydrogen-bond acceptors (Lipinski definition) is 5. The number of aryl methyl sites for hydroxylation is 1. The molecule has 0 spiro atoms. The van der Waals surface area contributed by atoms with Gasteiger partial charge in [-0.05, 0) is 62.7 Å². The van der Waals surface area contributed by atoms with Gasteiger partial charge in [0.1, 0.15) is 12.1 Å². The minimum atomic E-state index is 0.747.